The second kappa shape index (κ2) is 9.65. The van der Waals surface area contributed by atoms with Crippen molar-refractivity contribution in [3.8, 4) is 11.3 Å². The summed E-state index contributed by atoms with van der Waals surface area (Å²) in [7, 11) is 0. The van der Waals surface area contributed by atoms with Gasteiger partial charge in [-0.2, -0.15) is 0 Å². The van der Waals surface area contributed by atoms with E-state index in [-0.39, 0.29) is 17.7 Å². The molecule has 0 spiro atoms. The van der Waals surface area contributed by atoms with Crippen LogP contribution in [0, 0.1) is 11.7 Å². The number of hydrogen-bond acceptors (Lipinski definition) is 5. The lowest BCUT2D eigenvalue weighted by molar-refractivity contribution is -0.136. The van der Waals surface area contributed by atoms with Gasteiger partial charge in [-0.1, -0.05) is 18.9 Å². The molecule has 3 heterocycles. The Morgan fingerprint density at radius 1 is 1.00 bits per heavy atom. The maximum atomic E-state index is 13.7. The molecular weight excluding hydrogens is 417 g/mol. The summed E-state index contributed by atoms with van der Waals surface area (Å²) in [6, 6.07) is 12.0. The Morgan fingerprint density at radius 3 is 2.61 bits per heavy atom. The molecule has 2 fully saturated rings. The number of hydrogen-bond donors (Lipinski definition) is 1. The van der Waals surface area contributed by atoms with Crippen molar-refractivity contribution in [2.75, 3.05) is 18.4 Å². The highest BCUT2D eigenvalue weighted by Gasteiger charge is 2.32. The van der Waals surface area contributed by atoms with Crippen LogP contribution in [0.15, 0.2) is 54.9 Å². The highest BCUT2D eigenvalue weighted by Crippen LogP contribution is 2.32. The van der Waals surface area contributed by atoms with Crippen LogP contribution in [-0.2, 0) is 4.79 Å². The van der Waals surface area contributed by atoms with Crippen molar-refractivity contribution < 1.29 is 9.18 Å². The number of carbonyl (C=O) groups is 1. The minimum Gasteiger partial charge on any atom is -0.342 e. The molecular formula is C26H28FN5O. The Kier molecular flexibility index (Phi) is 6.28. The van der Waals surface area contributed by atoms with E-state index in [0.29, 0.717) is 29.8 Å². The first-order chi connectivity index (χ1) is 16.2. The van der Waals surface area contributed by atoms with E-state index in [0.717, 1.165) is 56.3 Å². The number of amides is 1. The summed E-state index contributed by atoms with van der Waals surface area (Å²) in [5, 5.41) is 3.23. The van der Waals surface area contributed by atoms with Gasteiger partial charge in [-0.25, -0.2) is 14.4 Å². The number of nitrogens with one attached hydrogen (secondary N) is 1. The van der Waals surface area contributed by atoms with Gasteiger partial charge in [0.05, 0.1) is 5.69 Å². The lowest BCUT2D eigenvalue weighted by Crippen LogP contribution is -2.42. The van der Waals surface area contributed by atoms with Crippen molar-refractivity contribution in [1.29, 1.82) is 0 Å². The molecule has 2 aromatic heterocycles. The van der Waals surface area contributed by atoms with Crippen LogP contribution in [0.1, 0.15) is 50.3 Å². The molecule has 1 unspecified atom stereocenters. The second-order valence-corrected chi connectivity index (χ2v) is 8.97. The number of halogens is 1. The first-order valence-corrected chi connectivity index (χ1v) is 11.8. The molecule has 0 radical (unpaired) electrons. The van der Waals surface area contributed by atoms with Gasteiger partial charge in [0.1, 0.15) is 17.5 Å². The van der Waals surface area contributed by atoms with E-state index in [4.69, 9.17) is 9.97 Å². The molecule has 1 saturated carbocycles. The van der Waals surface area contributed by atoms with Crippen molar-refractivity contribution in [3.05, 3.63) is 66.5 Å². The Morgan fingerprint density at radius 2 is 1.82 bits per heavy atom. The van der Waals surface area contributed by atoms with Gasteiger partial charge < -0.3 is 10.2 Å². The fraction of sp³-hybridized carbons (Fsp3) is 0.385. The monoisotopic (exact) mass is 445 g/mol. The van der Waals surface area contributed by atoms with Crippen LogP contribution in [0.3, 0.4) is 0 Å². The molecule has 1 amide bonds. The summed E-state index contributed by atoms with van der Waals surface area (Å²) < 4.78 is 13.7. The van der Waals surface area contributed by atoms with E-state index in [1.54, 1.807) is 24.5 Å². The number of benzene rings is 1. The molecule has 5 rings (SSSR count). The number of likely N-dealkylation sites (tertiary alicyclic amines) is 1. The zero-order valence-corrected chi connectivity index (χ0v) is 18.6. The molecule has 1 aromatic carbocycles. The summed E-state index contributed by atoms with van der Waals surface area (Å²) in [6.07, 6.45) is 9.68. The highest BCUT2D eigenvalue weighted by molar-refractivity contribution is 5.79. The van der Waals surface area contributed by atoms with Crippen molar-refractivity contribution >= 4 is 17.4 Å². The van der Waals surface area contributed by atoms with Crippen molar-refractivity contribution in [3.63, 3.8) is 0 Å². The third-order valence-electron chi connectivity index (χ3n) is 6.62. The predicted molar refractivity (Wildman–Crippen MR) is 125 cm³/mol. The summed E-state index contributed by atoms with van der Waals surface area (Å²) >= 11 is 0. The van der Waals surface area contributed by atoms with Crippen molar-refractivity contribution in [1.82, 2.24) is 19.9 Å². The maximum absolute atomic E-state index is 13.7. The predicted octanol–water partition coefficient (Wildman–Crippen LogP) is 5.32. The van der Waals surface area contributed by atoms with E-state index in [2.05, 4.69) is 10.3 Å². The van der Waals surface area contributed by atoms with Crippen LogP contribution in [0.5, 0.6) is 0 Å². The number of nitrogens with zero attached hydrogens (tertiary/aromatic N) is 4. The third kappa shape index (κ3) is 5.02. The van der Waals surface area contributed by atoms with Gasteiger partial charge in [0, 0.05) is 54.6 Å². The second-order valence-electron chi connectivity index (χ2n) is 8.97. The van der Waals surface area contributed by atoms with E-state index in [9.17, 15) is 9.18 Å². The van der Waals surface area contributed by atoms with Gasteiger partial charge in [-0.05, 0) is 56.0 Å². The maximum Gasteiger partial charge on any atom is 0.225 e. The number of piperidine rings is 1. The quantitative estimate of drug-likeness (QED) is 0.576. The van der Waals surface area contributed by atoms with E-state index >= 15 is 0 Å². The minimum atomic E-state index is -0.308. The smallest absolute Gasteiger partial charge is 0.225 e. The van der Waals surface area contributed by atoms with Gasteiger partial charge in [0.2, 0.25) is 5.91 Å². The topological polar surface area (TPSA) is 71.0 Å². The standard InChI is InChI=1S/C26H28FN5O/c27-21-8-3-9-22(15-21)29-24-16-23(18-10-12-28-13-11-18)30-25(31-24)20-7-4-14-32(17-20)26(33)19-5-1-2-6-19/h3,8-13,15-16,19-20H,1-2,4-7,14,17H2,(H,29,30,31). The third-order valence-corrected chi connectivity index (χ3v) is 6.62. The number of aromatic nitrogens is 3. The lowest BCUT2D eigenvalue weighted by Gasteiger charge is -2.34. The summed E-state index contributed by atoms with van der Waals surface area (Å²) in [5.41, 5.74) is 2.34. The molecule has 33 heavy (non-hydrogen) atoms. The Bertz CT molecular complexity index is 1120. The molecule has 7 heteroatoms. The van der Waals surface area contributed by atoms with Crippen LogP contribution in [0.25, 0.3) is 11.3 Å². The molecule has 2 aliphatic rings. The SMILES string of the molecule is O=C(C1CCCC1)N1CCCC(c2nc(Nc3cccc(F)c3)cc(-c3ccncc3)n2)C1. The van der Waals surface area contributed by atoms with Crippen LogP contribution in [0.4, 0.5) is 15.9 Å². The van der Waals surface area contributed by atoms with Gasteiger partial charge in [0.25, 0.3) is 0 Å². The lowest BCUT2D eigenvalue weighted by atomic mass is 9.95. The number of rotatable bonds is 5. The molecule has 1 aliphatic heterocycles. The zero-order valence-electron chi connectivity index (χ0n) is 18.6. The summed E-state index contributed by atoms with van der Waals surface area (Å²) in [4.78, 5) is 28.8. The average Bonchev–Trinajstić information content (AvgIpc) is 3.39. The van der Waals surface area contributed by atoms with Crippen LogP contribution in [-0.4, -0.2) is 38.8 Å². The zero-order chi connectivity index (χ0) is 22.6. The van der Waals surface area contributed by atoms with Crippen LogP contribution < -0.4 is 5.32 Å². The van der Waals surface area contributed by atoms with E-state index < -0.39 is 0 Å². The largest absolute Gasteiger partial charge is 0.342 e. The normalized spacial score (nSPS) is 18.9. The van der Waals surface area contributed by atoms with Crippen LogP contribution in [0.2, 0.25) is 0 Å². The Hall–Kier alpha value is -3.35. The molecule has 1 N–H and O–H groups in total. The fourth-order valence-corrected chi connectivity index (χ4v) is 4.92. The van der Waals surface area contributed by atoms with Crippen LogP contribution >= 0.6 is 0 Å². The molecule has 0 bridgehead atoms. The van der Waals surface area contributed by atoms with E-state index in [1.807, 2.05) is 23.1 Å². The van der Waals surface area contributed by atoms with Gasteiger partial charge in [-0.3, -0.25) is 9.78 Å². The van der Waals surface area contributed by atoms with Crippen molar-refractivity contribution in [2.24, 2.45) is 5.92 Å². The molecule has 3 aromatic rings. The molecule has 1 aliphatic carbocycles. The molecule has 170 valence electrons. The van der Waals surface area contributed by atoms with E-state index in [1.165, 1.54) is 12.1 Å². The number of carbonyl (C=O) groups excluding carboxylic acids is 1. The molecule has 6 nitrogen and oxygen atoms in total. The Labute approximate surface area is 193 Å². The van der Waals surface area contributed by atoms with Gasteiger partial charge in [-0.15, -0.1) is 0 Å². The summed E-state index contributed by atoms with van der Waals surface area (Å²) in [5.74, 6) is 1.55. The minimum absolute atomic E-state index is 0.0685. The van der Waals surface area contributed by atoms with Crippen molar-refractivity contribution in [2.45, 2.75) is 44.4 Å². The van der Waals surface area contributed by atoms with Gasteiger partial charge >= 0.3 is 0 Å². The molecule has 1 saturated heterocycles. The van der Waals surface area contributed by atoms with Gasteiger partial charge in [0.15, 0.2) is 0 Å². The Balaban J connectivity index is 1.44. The average molecular weight is 446 g/mol. The first kappa shape index (κ1) is 21.5. The fourth-order valence-electron chi connectivity index (χ4n) is 4.92. The first-order valence-electron chi connectivity index (χ1n) is 11.8. The summed E-state index contributed by atoms with van der Waals surface area (Å²) in [6.45, 7) is 1.46. The number of anilines is 2. The number of pyridine rings is 1. The highest BCUT2D eigenvalue weighted by atomic mass is 19.1. The molecule has 1 atom stereocenters.